The van der Waals surface area contributed by atoms with Gasteiger partial charge in [0.1, 0.15) is 5.69 Å². The maximum absolute atomic E-state index is 12.2. The van der Waals surface area contributed by atoms with Crippen LogP contribution < -0.4 is 5.32 Å². The molecule has 0 saturated carbocycles. The molecule has 2 heterocycles. The van der Waals surface area contributed by atoms with E-state index in [0.717, 1.165) is 20.1 Å². The molecule has 1 aromatic heterocycles. The van der Waals surface area contributed by atoms with Crippen molar-refractivity contribution < 1.29 is 36.1 Å². The number of rotatable bonds is 3. The molecule has 2 rings (SSSR count). The van der Waals surface area contributed by atoms with Gasteiger partial charge in [-0.05, 0) is 13.3 Å². The van der Waals surface area contributed by atoms with E-state index in [1.807, 2.05) is 0 Å². The maximum Gasteiger partial charge on any atom is 2.00 e. The molecule has 1 fully saturated rings. The normalized spacial score (nSPS) is 19.1. The number of aryl methyl sites for hydroxylation is 1. The Balaban J connectivity index is 0.000000848. The van der Waals surface area contributed by atoms with Crippen LogP contribution in [0.4, 0.5) is 4.79 Å². The minimum atomic E-state index is -0.995. The molecular formula is C14H20Cl2FeN4O4. The van der Waals surface area contributed by atoms with Crippen LogP contribution in [0.25, 0.3) is 11.1 Å². The van der Waals surface area contributed by atoms with Gasteiger partial charge in [0.15, 0.2) is 0 Å². The number of H-pyrrole nitrogens is 1. The van der Waals surface area contributed by atoms with Gasteiger partial charge in [0.25, 0.3) is 5.91 Å². The molecule has 2 atom stereocenters. The van der Waals surface area contributed by atoms with Gasteiger partial charge in [-0.3, -0.25) is 9.59 Å². The summed E-state index contributed by atoms with van der Waals surface area (Å²) in [4.78, 5) is 24.3. The summed E-state index contributed by atoms with van der Waals surface area (Å²) < 4.78 is 9.10. The third kappa shape index (κ3) is 7.05. The van der Waals surface area contributed by atoms with Gasteiger partial charge in [-0.1, -0.05) is 23.2 Å². The first kappa shape index (κ1) is 24.0. The number of aromatic amines is 1. The van der Waals surface area contributed by atoms with Crippen molar-refractivity contribution in [3.05, 3.63) is 32.5 Å². The van der Waals surface area contributed by atoms with Crippen molar-refractivity contribution in [1.82, 2.24) is 10.3 Å². The number of carbonyl (C=O) groups is 2. The number of nitrogens with zero attached hydrogens (tertiary/aromatic N) is 1. The fraction of sp³-hybridized carbons (Fsp3) is 0.571. The van der Waals surface area contributed by atoms with E-state index in [1.54, 1.807) is 14.0 Å². The van der Waals surface area contributed by atoms with Crippen LogP contribution in [0, 0.1) is 6.92 Å². The first-order valence-corrected chi connectivity index (χ1v) is 7.87. The van der Waals surface area contributed by atoms with E-state index in [0.29, 0.717) is 23.0 Å². The number of carbonyl (C=O) groups excluding carboxylic acids is 2. The van der Waals surface area contributed by atoms with Gasteiger partial charge in [0, 0.05) is 12.8 Å². The minimum Gasteiger partial charge on any atom is -0.660 e. The fourth-order valence-electron chi connectivity index (χ4n) is 2.13. The number of nitrogens with one attached hydrogen (secondary N) is 3. The van der Waals surface area contributed by atoms with E-state index >= 15 is 0 Å². The van der Waals surface area contributed by atoms with Crippen LogP contribution in [0.1, 0.15) is 22.6 Å². The molecule has 3 N–H and O–H groups in total. The molecule has 0 radical (unpaired) electrons. The Morgan fingerprint density at radius 3 is 2.36 bits per heavy atom. The zero-order chi connectivity index (χ0) is 18.3. The van der Waals surface area contributed by atoms with Crippen molar-refractivity contribution in [2.45, 2.75) is 25.5 Å². The summed E-state index contributed by atoms with van der Waals surface area (Å²) in [6.07, 6.45) is -0.331. The van der Waals surface area contributed by atoms with Crippen LogP contribution in [-0.4, -0.2) is 56.4 Å². The number of amides is 2. The van der Waals surface area contributed by atoms with Gasteiger partial charge in [-0.15, -0.1) is 13.1 Å². The Bertz CT molecular complexity index is 585. The number of halogens is 2. The Morgan fingerprint density at radius 2 is 1.92 bits per heavy atom. The van der Waals surface area contributed by atoms with E-state index in [2.05, 4.69) is 20.4 Å². The van der Waals surface area contributed by atoms with Crippen LogP contribution in [-0.2, 0) is 26.5 Å². The number of hydrogen-bond acceptors (Lipinski definition) is 4. The van der Waals surface area contributed by atoms with Crippen LogP contribution in [0.2, 0.25) is 10.0 Å². The van der Waals surface area contributed by atoms with E-state index in [9.17, 15) is 9.59 Å². The maximum atomic E-state index is 12.2. The summed E-state index contributed by atoms with van der Waals surface area (Å²) in [6, 6.07) is -0.0616. The Morgan fingerprint density at radius 1 is 1.32 bits per heavy atom. The number of aromatic nitrogens is 1. The van der Waals surface area contributed by atoms with E-state index in [-0.39, 0.29) is 40.1 Å². The van der Waals surface area contributed by atoms with Crippen LogP contribution >= 0.6 is 23.2 Å². The van der Waals surface area contributed by atoms with Crippen molar-refractivity contribution in [3.63, 3.8) is 0 Å². The molecule has 8 nitrogen and oxygen atoms in total. The molecule has 1 aliphatic rings. The SMILES string of the molecule is COC([NH-])=O.COC1C[N-]CCC1NC(=O)c1[nH]c(C)c(Cl)c1Cl.[Fe+2]. The second-order valence-electron chi connectivity index (χ2n) is 5.02. The van der Waals surface area contributed by atoms with E-state index < -0.39 is 6.09 Å². The van der Waals surface area contributed by atoms with Gasteiger partial charge >= 0.3 is 17.1 Å². The monoisotopic (exact) mass is 434 g/mol. The number of piperidine rings is 1. The average molecular weight is 435 g/mol. The molecule has 142 valence electrons. The summed E-state index contributed by atoms with van der Waals surface area (Å²) >= 11 is 12.0. The summed E-state index contributed by atoms with van der Waals surface area (Å²) in [5, 5.41) is 7.82. The Labute approximate surface area is 166 Å². The number of methoxy groups -OCH3 is 2. The van der Waals surface area contributed by atoms with Crippen molar-refractivity contribution in [2.24, 2.45) is 0 Å². The summed E-state index contributed by atoms with van der Waals surface area (Å²) in [7, 11) is 2.78. The molecule has 0 aromatic carbocycles. The topological polar surface area (TPSA) is 118 Å². The molecule has 0 aliphatic carbocycles. The van der Waals surface area contributed by atoms with Crippen molar-refractivity contribution >= 4 is 35.2 Å². The summed E-state index contributed by atoms with van der Waals surface area (Å²) in [5.74, 6) is -0.269. The quantitative estimate of drug-likeness (QED) is 0.709. The van der Waals surface area contributed by atoms with E-state index in [1.165, 1.54) is 0 Å². The summed E-state index contributed by atoms with van der Waals surface area (Å²) in [6.45, 7) is 3.09. The van der Waals surface area contributed by atoms with Crippen molar-refractivity contribution in [3.8, 4) is 0 Å². The number of ether oxygens (including phenoxy) is 2. The van der Waals surface area contributed by atoms with Gasteiger partial charge < -0.3 is 30.8 Å². The van der Waals surface area contributed by atoms with Gasteiger partial charge in [-0.25, -0.2) is 0 Å². The van der Waals surface area contributed by atoms with Crippen LogP contribution in [0.15, 0.2) is 0 Å². The van der Waals surface area contributed by atoms with Gasteiger partial charge in [0.2, 0.25) is 6.09 Å². The fourth-order valence-corrected chi connectivity index (χ4v) is 2.55. The molecule has 0 spiro atoms. The zero-order valence-electron chi connectivity index (χ0n) is 14.0. The number of hydrogen-bond donors (Lipinski definition) is 2. The summed E-state index contributed by atoms with van der Waals surface area (Å²) in [5.41, 5.74) is 6.94. The van der Waals surface area contributed by atoms with Gasteiger partial charge in [0.05, 0.1) is 29.3 Å². The van der Waals surface area contributed by atoms with Crippen molar-refractivity contribution in [2.75, 3.05) is 27.3 Å². The second kappa shape index (κ2) is 11.6. The molecule has 0 bridgehead atoms. The van der Waals surface area contributed by atoms with Crippen molar-refractivity contribution in [1.29, 1.82) is 0 Å². The minimum absolute atomic E-state index is 0. The van der Waals surface area contributed by atoms with Crippen LogP contribution in [0.5, 0.6) is 0 Å². The van der Waals surface area contributed by atoms with Crippen LogP contribution in [0.3, 0.4) is 0 Å². The standard InChI is InChI=1S/C12H16Cl2N3O2.C2H5NO2.Fe/c1-6-9(13)10(14)11(16-6)12(18)17-7-3-4-15-5-8(7)19-2;1-5-2(3)4;/h7-8,16H,3-5H2,1-2H3,(H,17,18);1H3,(H2,3,4);/q-1;;+2/p-1. The molecule has 11 heteroatoms. The third-order valence-electron chi connectivity index (χ3n) is 3.44. The van der Waals surface area contributed by atoms with E-state index in [4.69, 9.17) is 33.7 Å². The molecule has 1 aromatic rings. The molecule has 1 aliphatic heterocycles. The molecular weight excluding hydrogens is 415 g/mol. The first-order chi connectivity index (χ1) is 11.3. The smallest absolute Gasteiger partial charge is 0.660 e. The molecule has 2 unspecified atom stereocenters. The average Bonchev–Trinajstić information content (AvgIpc) is 2.83. The zero-order valence-corrected chi connectivity index (χ0v) is 16.6. The predicted octanol–water partition coefficient (Wildman–Crippen LogP) is 3.32. The Hall–Kier alpha value is -0.961. The Kier molecular flexibility index (Phi) is 11.2. The third-order valence-corrected chi connectivity index (χ3v) is 4.39. The van der Waals surface area contributed by atoms with Gasteiger partial charge in [-0.2, -0.15) is 0 Å². The second-order valence-corrected chi connectivity index (χ2v) is 5.77. The molecule has 25 heavy (non-hydrogen) atoms. The molecule has 2 amide bonds. The molecule has 1 saturated heterocycles. The first-order valence-electron chi connectivity index (χ1n) is 7.11. The predicted molar refractivity (Wildman–Crippen MR) is 92.0 cm³/mol. The largest absolute Gasteiger partial charge is 2.00 e.